The molecule has 2 heterocycles. The SMILES string of the molecule is O=C(Nc1cc(-n2cnnn2)ccc1F)c1[nH]c2ccccc2c1Cl. The van der Waals surface area contributed by atoms with Crippen molar-refractivity contribution in [3.05, 3.63) is 65.3 Å². The third-order valence-corrected chi connectivity index (χ3v) is 4.07. The zero-order valence-corrected chi connectivity index (χ0v) is 13.3. The van der Waals surface area contributed by atoms with Gasteiger partial charge >= 0.3 is 0 Å². The van der Waals surface area contributed by atoms with Crippen molar-refractivity contribution in [2.45, 2.75) is 0 Å². The largest absolute Gasteiger partial charge is 0.349 e. The van der Waals surface area contributed by atoms with E-state index >= 15 is 0 Å². The maximum Gasteiger partial charge on any atom is 0.273 e. The quantitative estimate of drug-likeness (QED) is 0.590. The van der Waals surface area contributed by atoms with Gasteiger partial charge in [0, 0.05) is 10.9 Å². The molecule has 25 heavy (non-hydrogen) atoms. The highest BCUT2D eigenvalue weighted by atomic mass is 35.5. The van der Waals surface area contributed by atoms with E-state index in [9.17, 15) is 9.18 Å². The number of aromatic amines is 1. The van der Waals surface area contributed by atoms with E-state index in [0.29, 0.717) is 5.69 Å². The van der Waals surface area contributed by atoms with Crippen molar-refractivity contribution in [3.63, 3.8) is 0 Å². The molecular weight excluding hydrogens is 347 g/mol. The zero-order chi connectivity index (χ0) is 17.4. The van der Waals surface area contributed by atoms with Crippen molar-refractivity contribution >= 4 is 34.1 Å². The van der Waals surface area contributed by atoms with Gasteiger partial charge in [-0.25, -0.2) is 9.07 Å². The number of H-pyrrole nitrogens is 1. The van der Waals surface area contributed by atoms with E-state index in [4.69, 9.17) is 11.6 Å². The summed E-state index contributed by atoms with van der Waals surface area (Å²) >= 11 is 6.25. The first kappa shape index (κ1) is 15.3. The summed E-state index contributed by atoms with van der Waals surface area (Å²) < 4.78 is 15.4. The summed E-state index contributed by atoms with van der Waals surface area (Å²) in [6.45, 7) is 0. The first-order chi connectivity index (χ1) is 12.1. The Morgan fingerprint density at radius 1 is 1.24 bits per heavy atom. The molecule has 0 aliphatic rings. The molecule has 1 amide bonds. The third-order valence-electron chi connectivity index (χ3n) is 3.68. The van der Waals surface area contributed by atoms with E-state index in [-0.39, 0.29) is 16.4 Å². The first-order valence-corrected chi connectivity index (χ1v) is 7.62. The number of halogens is 2. The smallest absolute Gasteiger partial charge is 0.273 e. The lowest BCUT2D eigenvalue weighted by molar-refractivity contribution is 0.102. The standard InChI is InChI=1S/C16H10ClFN6O/c17-14-10-3-1-2-4-12(10)20-15(14)16(25)21-13-7-9(5-6-11(13)18)24-8-19-22-23-24/h1-8,20H,(H,21,25). The number of hydrogen-bond donors (Lipinski definition) is 2. The fraction of sp³-hybridized carbons (Fsp3) is 0. The second-order valence-electron chi connectivity index (χ2n) is 5.23. The molecule has 0 radical (unpaired) electrons. The number of anilines is 1. The summed E-state index contributed by atoms with van der Waals surface area (Å²) in [7, 11) is 0. The summed E-state index contributed by atoms with van der Waals surface area (Å²) in [6.07, 6.45) is 1.37. The van der Waals surface area contributed by atoms with Gasteiger partial charge < -0.3 is 10.3 Å². The van der Waals surface area contributed by atoms with Crippen molar-refractivity contribution < 1.29 is 9.18 Å². The number of amides is 1. The van der Waals surface area contributed by atoms with Gasteiger partial charge in [0.2, 0.25) is 0 Å². The van der Waals surface area contributed by atoms with Crippen molar-refractivity contribution in [2.75, 3.05) is 5.32 Å². The minimum atomic E-state index is -0.586. The summed E-state index contributed by atoms with van der Waals surface area (Å²) in [5.41, 5.74) is 1.38. The molecule has 0 saturated carbocycles. The van der Waals surface area contributed by atoms with E-state index in [1.807, 2.05) is 12.1 Å². The van der Waals surface area contributed by atoms with Crippen molar-refractivity contribution in [1.82, 2.24) is 25.2 Å². The average molecular weight is 357 g/mol. The number of carbonyl (C=O) groups is 1. The normalized spacial score (nSPS) is 11.0. The van der Waals surface area contributed by atoms with E-state index in [0.717, 1.165) is 10.9 Å². The highest BCUT2D eigenvalue weighted by Crippen LogP contribution is 2.28. The third kappa shape index (κ3) is 2.72. The van der Waals surface area contributed by atoms with Crippen LogP contribution >= 0.6 is 11.6 Å². The van der Waals surface area contributed by atoms with Gasteiger partial charge in [0.1, 0.15) is 17.8 Å². The molecule has 4 rings (SSSR count). The first-order valence-electron chi connectivity index (χ1n) is 7.24. The molecule has 0 aliphatic carbocycles. The number of benzene rings is 2. The highest BCUT2D eigenvalue weighted by Gasteiger charge is 2.18. The molecule has 2 N–H and O–H groups in total. The Morgan fingerprint density at radius 3 is 2.84 bits per heavy atom. The molecule has 2 aromatic carbocycles. The van der Waals surface area contributed by atoms with Crippen LogP contribution in [0.1, 0.15) is 10.5 Å². The van der Waals surface area contributed by atoms with Gasteiger partial charge in [-0.15, -0.1) is 5.10 Å². The van der Waals surface area contributed by atoms with Crippen LogP contribution in [0.4, 0.5) is 10.1 Å². The van der Waals surface area contributed by atoms with Crippen LogP contribution in [0.15, 0.2) is 48.8 Å². The molecule has 4 aromatic rings. The van der Waals surface area contributed by atoms with Gasteiger partial charge in [0.25, 0.3) is 5.91 Å². The van der Waals surface area contributed by atoms with Crippen LogP contribution in [-0.2, 0) is 0 Å². The molecule has 0 unspecified atom stereocenters. The summed E-state index contributed by atoms with van der Waals surface area (Å²) in [5, 5.41) is 14.3. The fourth-order valence-corrected chi connectivity index (χ4v) is 2.78. The lowest BCUT2D eigenvalue weighted by Crippen LogP contribution is -2.14. The average Bonchev–Trinajstić information content (AvgIpc) is 3.26. The van der Waals surface area contributed by atoms with Crippen LogP contribution in [0.5, 0.6) is 0 Å². The summed E-state index contributed by atoms with van der Waals surface area (Å²) in [4.78, 5) is 15.5. The molecule has 7 nitrogen and oxygen atoms in total. The van der Waals surface area contributed by atoms with Crippen molar-refractivity contribution in [2.24, 2.45) is 0 Å². The monoisotopic (exact) mass is 356 g/mol. The Labute approximate surface area is 145 Å². The Morgan fingerprint density at radius 2 is 2.08 bits per heavy atom. The summed E-state index contributed by atoms with van der Waals surface area (Å²) in [6, 6.07) is 11.4. The number of fused-ring (bicyclic) bond motifs is 1. The Balaban J connectivity index is 1.68. The van der Waals surface area contributed by atoms with Gasteiger partial charge in [-0.1, -0.05) is 29.8 Å². The van der Waals surface area contributed by atoms with Crippen LogP contribution in [0, 0.1) is 5.82 Å². The topological polar surface area (TPSA) is 88.5 Å². The number of hydrogen-bond acceptors (Lipinski definition) is 4. The second kappa shape index (κ2) is 5.99. The second-order valence-corrected chi connectivity index (χ2v) is 5.61. The number of para-hydroxylation sites is 1. The molecular formula is C16H10ClFN6O. The van der Waals surface area contributed by atoms with Gasteiger partial charge in [0.15, 0.2) is 0 Å². The van der Waals surface area contributed by atoms with Crippen LogP contribution in [0.2, 0.25) is 5.02 Å². The van der Waals surface area contributed by atoms with Gasteiger partial charge in [-0.2, -0.15) is 0 Å². The number of tetrazole rings is 1. The maximum atomic E-state index is 14.1. The summed E-state index contributed by atoms with van der Waals surface area (Å²) in [5.74, 6) is -1.13. The van der Waals surface area contributed by atoms with E-state index in [1.165, 1.54) is 29.2 Å². The highest BCUT2D eigenvalue weighted by molar-refractivity contribution is 6.39. The van der Waals surface area contributed by atoms with Crippen molar-refractivity contribution in [1.29, 1.82) is 0 Å². The van der Waals surface area contributed by atoms with Crippen molar-refractivity contribution in [3.8, 4) is 5.69 Å². The minimum absolute atomic E-state index is 0.00674. The van der Waals surface area contributed by atoms with Crippen LogP contribution < -0.4 is 5.32 Å². The molecule has 0 atom stereocenters. The van der Waals surface area contributed by atoms with Gasteiger partial charge in [0.05, 0.1) is 16.4 Å². The van der Waals surface area contributed by atoms with Crippen LogP contribution in [-0.4, -0.2) is 31.1 Å². The molecule has 9 heteroatoms. The van der Waals surface area contributed by atoms with Crippen LogP contribution in [0.25, 0.3) is 16.6 Å². The molecule has 0 saturated heterocycles. The number of nitrogens with zero attached hydrogens (tertiary/aromatic N) is 4. The molecule has 124 valence electrons. The lowest BCUT2D eigenvalue weighted by Gasteiger charge is -2.08. The fourth-order valence-electron chi connectivity index (χ4n) is 2.48. The Kier molecular flexibility index (Phi) is 3.66. The molecule has 2 aromatic heterocycles. The molecule has 0 aliphatic heterocycles. The molecule has 0 fully saturated rings. The number of carbonyl (C=O) groups excluding carboxylic acids is 1. The number of aromatic nitrogens is 5. The van der Waals surface area contributed by atoms with E-state index in [2.05, 4.69) is 25.8 Å². The predicted molar refractivity (Wildman–Crippen MR) is 90.4 cm³/mol. The Hall–Kier alpha value is -3.26. The maximum absolute atomic E-state index is 14.1. The van der Waals surface area contributed by atoms with E-state index < -0.39 is 11.7 Å². The molecule has 0 bridgehead atoms. The predicted octanol–water partition coefficient (Wildman–Crippen LogP) is 3.19. The van der Waals surface area contributed by atoms with Gasteiger partial charge in [-0.05, 0) is 34.7 Å². The lowest BCUT2D eigenvalue weighted by atomic mass is 10.2. The van der Waals surface area contributed by atoms with E-state index in [1.54, 1.807) is 12.1 Å². The molecule has 0 spiro atoms. The minimum Gasteiger partial charge on any atom is -0.349 e. The number of nitrogens with one attached hydrogen (secondary N) is 2. The van der Waals surface area contributed by atoms with Gasteiger partial charge in [-0.3, -0.25) is 4.79 Å². The van der Waals surface area contributed by atoms with Crippen LogP contribution in [0.3, 0.4) is 0 Å². The number of rotatable bonds is 3. The Bertz CT molecular complexity index is 1080. The zero-order valence-electron chi connectivity index (χ0n) is 12.6.